The van der Waals surface area contributed by atoms with Crippen LogP contribution in [0.1, 0.15) is 26.2 Å². The molecule has 0 aliphatic carbocycles. The molecule has 4 rings (SSSR count). The molecule has 1 radical (unpaired) electrons. The number of hydrogen-bond acceptors (Lipinski definition) is 4. The molecule has 0 bridgehead atoms. The average molecular weight is 379 g/mol. The number of epoxide rings is 3. The summed E-state index contributed by atoms with van der Waals surface area (Å²) in [6.07, 6.45) is 4.54. The molecule has 3 saturated heterocycles. The fraction of sp³-hybridized carbons (Fsp3) is 0.667. The summed E-state index contributed by atoms with van der Waals surface area (Å²) < 4.78 is 18.0. The standard InChI is InChI=1S/C18H24AsO4/c1-12(6-13-9-21-13)18(7-14-10-22-14,8-15-11-23-15)19-16-4-2-3-5-17(16)20/h2-5,12-15,20H,6-11H2,1H3. The Kier molecular flexibility index (Phi) is 4.44. The Balaban J connectivity index is 1.59. The minimum atomic E-state index is -0.164. The number of phenolic OH excluding ortho intramolecular Hbond substituents is 1. The van der Waals surface area contributed by atoms with Gasteiger partial charge < -0.3 is 0 Å². The molecule has 1 N–H and O–H groups in total. The third-order valence-electron chi connectivity index (χ3n) is 5.13. The monoisotopic (exact) mass is 379 g/mol. The van der Waals surface area contributed by atoms with E-state index >= 15 is 0 Å². The summed E-state index contributed by atoms with van der Waals surface area (Å²) in [6.45, 7) is 5.05. The van der Waals surface area contributed by atoms with E-state index in [9.17, 15) is 5.11 Å². The quantitative estimate of drug-likeness (QED) is 0.526. The Morgan fingerprint density at radius 2 is 1.65 bits per heavy atom. The molecule has 0 aromatic heterocycles. The molecule has 0 amide bonds. The van der Waals surface area contributed by atoms with Crippen molar-refractivity contribution in [1.82, 2.24) is 0 Å². The van der Waals surface area contributed by atoms with Gasteiger partial charge in [-0.1, -0.05) is 0 Å². The van der Waals surface area contributed by atoms with Gasteiger partial charge in [0.05, 0.1) is 0 Å². The summed E-state index contributed by atoms with van der Waals surface area (Å²) in [5.41, 5.74) is 0. The normalized spacial score (nSPS) is 32.7. The zero-order chi connectivity index (χ0) is 15.9. The Morgan fingerprint density at radius 1 is 1.09 bits per heavy atom. The molecule has 3 aliphatic heterocycles. The second kappa shape index (κ2) is 6.40. The maximum atomic E-state index is 10.3. The summed E-state index contributed by atoms with van der Waals surface area (Å²) in [5.74, 6) is 1.00. The van der Waals surface area contributed by atoms with E-state index < -0.39 is 0 Å². The Labute approximate surface area is 144 Å². The molecule has 3 aliphatic rings. The van der Waals surface area contributed by atoms with Crippen LogP contribution >= 0.6 is 0 Å². The zero-order valence-electron chi connectivity index (χ0n) is 13.5. The van der Waals surface area contributed by atoms with Gasteiger partial charge in [0, 0.05) is 0 Å². The van der Waals surface area contributed by atoms with Crippen LogP contribution in [0.4, 0.5) is 0 Å². The second-order valence-corrected chi connectivity index (χ2v) is 10.5. The summed E-state index contributed by atoms with van der Waals surface area (Å²) in [5, 5.41) is 10.3. The van der Waals surface area contributed by atoms with Crippen molar-refractivity contribution < 1.29 is 19.3 Å². The van der Waals surface area contributed by atoms with Gasteiger partial charge in [-0.05, 0) is 0 Å². The first kappa shape index (κ1) is 16.0. The van der Waals surface area contributed by atoms with Crippen molar-refractivity contribution in [3.63, 3.8) is 0 Å². The van der Waals surface area contributed by atoms with Crippen molar-refractivity contribution in [2.24, 2.45) is 5.92 Å². The van der Waals surface area contributed by atoms with E-state index in [0.717, 1.165) is 43.4 Å². The number of benzene rings is 1. The van der Waals surface area contributed by atoms with Crippen LogP contribution in [-0.2, 0) is 14.2 Å². The molecule has 5 heteroatoms. The van der Waals surface area contributed by atoms with Gasteiger partial charge in [-0.3, -0.25) is 0 Å². The Morgan fingerprint density at radius 3 is 2.17 bits per heavy atom. The van der Waals surface area contributed by atoms with Crippen LogP contribution in [0.2, 0.25) is 4.20 Å². The minimum absolute atomic E-state index is 0.164. The zero-order valence-corrected chi connectivity index (χ0v) is 15.4. The van der Waals surface area contributed by atoms with Gasteiger partial charge in [0.15, 0.2) is 0 Å². The molecule has 3 fully saturated rings. The van der Waals surface area contributed by atoms with Gasteiger partial charge >= 0.3 is 144 Å². The van der Waals surface area contributed by atoms with Crippen LogP contribution in [-0.4, -0.2) is 59.0 Å². The number of para-hydroxylation sites is 1. The summed E-state index contributed by atoms with van der Waals surface area (Å²) in [6, 6.07) is 7.83. The fourth-order valence-corrected chi connectivity index (χ4v) is 7.13. The SMILES string of the molecule is CC(CC1CO1)C(CC1CO1)(CC1CO1)[As]c1ccccc1O. The van der Waals surface area contributed by atoms with Crippen molar-refractivity contribution in [2.75, 3.05) is 19.8 Å². The molecule has 4 nitrogen and oxygen atoms in total. The molecule has 23 heavy (non-hydrogen) atoms. The Hall–Kier alpha value is -0.542. The maximum absolute atomic E-state index is 10.3. The molecular formula is C18H24AsO4. The second-order valence-electron chi connectivity index (χ2n) is 7.12. The van der Waals surface area contributed by atoms with Crippen molar-refractivity contribution in [3.8, 4) is 5.75 Å². The topological polar surface area (TPSA) is 57.8 Å². The molecule has 0 spiro atoms. The number of aromatic hydroxyl groups is 1. The third-order valence-corrected chi connectivity index (χ3v) is 9.05. The molecule has 1 aromatic rings. The summed E-state index contributed by atoms with van der Waals surface area (Å²) >= 11 is -0.164. The predicted molar refractivity (Wildman–Crippen MR) is 88.4 cm³/mol. The first-order valence-corrected chi connectivity index (χ1v) is 10.4. The van der Waals surface area contributed by atoms with Crippen molar-refractivity contribution >= 4 is 20.1 Å². The van der Waals surface area contributed by atoms with Crippen LogP contribution in [0.25, 0.3) is 0 Å². The summed E-state index contributed by atoms with van der Waals surface area (Å²) in [4.78, 5) is 0. The van der Waals surface area contributed by atoms with E-state index in [1.54, 1.807) is 0 Å². The van der Waals surface area contributed by atoms with E-state index in [1.165, 1.54) is 0 Å². The van der Waals surface area contributed by atoms with E-state index in [0.29, 0.717) is 30.0 Å². The molecule has 125 valence electrons. The first-order chi connectivity index (χ1) is 11.1. The van der Waals surface area contributed by atoms with E-state index in [1.807, 2.05) is 18.2 Å². The van der Waals surface area contributed by atoms with Gasteiger partial charge in [0.25, 0.3) is 0 Å². The molecule has 4 unspecified atom stereocenters. The van der Waals surface area contributed by atoms with Crippen molar-refractivity contribution in [2.45, 2.75) is 48.7 Å². The number of hydrogen-bond donors (Lipinski definition) is 1. The Bertz CT molecular complexity index is 538. The molecule has 0 saturated carbocycles. The van der Waals surface area contributed by atoms with Gasteiger partial charge in [-0.2, -0.15) is 0 Å². The molecule has 3 heterocycles. The van der Waals surface area contributed by atoms with Crippen molar-refractivity contribution in [1.29, 1.82) is 0 Å². The third kappa shape index (κ3) is 4.11. The molecule has 1 aromatic carbocycles. The van der Waals surface area contributed by atoms with Gasteiger partial charge in [0.2, 0.25) is 0 Å². The fourth-order valence-electron chi connectivity index (χ4n) is 3.46. The van der Waals surface area contributed by atoms with Crippen LogP contribution in [0.5, 0.6) is 5.75 Å². The average Bonchev–Trinajstić information content (AvgIpc) is 3.32. The molecular weight excluding hydrogens is 355 g/mol. The number of rotatable bonds is 9. The van der Waals surface area contributed by atoms with Crippen LogP contribution < -0.4 is 4.35 Å². The van der Waals surface area contributed by atoms with Crippen LogP contribution in [0, 0.1) is 5.92 Å². The molecule has 4 atom stereocenters. The predicted octanol–water partition coefficient (Wildman–Crippen LogP) is 1.88. The van der Waals surface area contributed by atoms with Gasteiger partial charge in [-0.15, -0.1) is 0 Å². The summed E-state index contributed by atoms with van der Waals surface area (Å²) in [7, 11) is 0. The van der Waals surface area contributed by atoms with E-state index in [2.05, 4.69) is 13.0 Å². The number of ether oxygens (including phenoxy) is 3. The van der Waals surface area contributed by atoms with E-state index in [4.69, 9.17) is 14.2 Å². The van der Waals surface area contributed by atoms with Crippen molar-refractivity contribution in [3.05, 3.63) is 24.3 Å². The van der Waals surface area contributed by atoms with Crippen LogP contribution in [0.15, 0.2) is 24.3 Å². The number of phenols is 1. The van der Waals surface area contributed by atoms with Gasteiger partial charge in [0.1, 0.15) is 0 Å². The van der Waals surface area contributed by atoms with E-state index in [-0.39, 0.29) is 20.0 Å². The first-order valence-electron chi connectivity index (χ1n) is 8.50. The van der Waals surface area contributed by atoms with Crippen LogP contribution in [0.3, 0.4) is 0 Å². The van der Waals surface area contributed by atoms with Gasteiger partial charge in [-0.25, -0.2) is 0 Å².